The molecule has 1 aromatic carbocycles. The highest BCUT2D eigenvalue weighted by atomic mass is 16.5. The molecule has 2 heterocycles. The molecule has 0 saturated carbocycles. The van der Waals surface area contributed by atoms with Crippen LogP contribution in [0.3, 0.4) is 0 Å². The molecule has 2 aliphatic rings. The molecule has 2 saturated heterocycles. The van der Waals surface area contributed by atoms with E-state index < -0.39 is 0 Å². The third-order valence-electron chi connectivity index (χ3n) is 4.23. The smallest absolute Gasteiger partial charge is 0.211 e. The van der Waals surface area contributed by atoms with Crippen molar-refractivity contribution in [3.63, 3.8) is 0 Å². The summed E-state index contributed by atoms with van der Waals surface area (Å²) in [5.74, 6) is 0.856. The molecule has 3 rings (SSSR count). The molecular weight excluding hydrogens is 256 g/mol. The summed E-state index contributed by atoms with van der Waals surface area (Å²) in [5, 5.41) is 2.62. The van der Waals surface area contributed by atoms with Crippen molar-refractivity contribution in [2.75, 3.05) is 25.6 Å². The SMILES string of the molecule is CN1[C@@H]2COC[C@@H]1CC(Oc1ccc(NC=O)cc1)C2. The Morgan fingerprint density at radius 1 is 1.25 bits per heavy atom. The zero-order chi connectivity index (χ0) is 13.9. The first-order chi connectivity index (χ1) is 9.76. The van der Waals surface area contributed by atoms with Crippen molar-refractivity contribution in [2.24, 2.45) is 0 Å². The van der Waals surface area contributed by atoms with E-state index in [1.54, 1.807) is 0 Å². The number of anilines is 1. The van der Waals surface area contributed by atoms with Gasteiger partial charge in [-0.05, 0) is 31.3 Å². The van der Waals surface area contributed by atoms with E-state index in [4.69, 9.17) is 9.47 Å². The summed E-state index contributed by atoms with van der Waals surface area (Å²) in [6, 6.07) is 8.42. The molecule has 2 aliphatic heterocycles. The van der Waals surface area contributed by atoms with Crippen molar-refractivity contribution < 1.29 is 14.3 Å². The molecule has 1 N–H and O–H groups in total. The fraction of sp³-hybridized carbons (Fsp3) is 0.533. The molecule has 0 spiro atoms. The average molecular weight is 276 g/mol. The van der Waals surface area contributed by atoms with Gasteiger partial charge in [0, 0.05) is 30.6 Å². The zero-order valence-electron chi connectivity index (χ0n) is 11.6. The molecule has 1 amide bonds. The molecule has 5 heteroatoms. The van der Waals surface area contributed by atoms with Crippen LogP contribution in [-0.4, -0.2) is 49.8 Å². The van der Waals surface area contributed by atoms with Crippen molar-refractivity contribution >= 4 is 12.1 Å². The highest BCUT2D eigenvalue weighted by Gasteiger charge is 2.37. The molecule has 2 fully saturated rings. The average Bonchev–Trinajstić information content (AvgIpc) is 2.42. The normalized spacial score (nSPS) is 29.8. The van der Waals surface area contributed by atoms with Gasteiger partial charge < -0.3 is 14.8 Å². The van der Waals surface area contributed by atoms with Gasteiger partial charge in [-0.25, -0.2) is 0 Å². The third kappa shape index (κ3) is 2.78. The Hall–Kier alpha value is -1.59. The number of nitrogens with one attached hydrogen (secondary N) is 1. The van der Waals surface area contributed by atoms with Crippen molar-refractivity contribution in [3.05, 3.63) is 24.3 Å². The van der Waals surface area contributed by atoms with E-state index in [9.17, 15) is 4.79 Å². The van der Waals surface area contributed by atoms with Crippen LogP contribution in [0.25, 0.3) is 0 Å². The van der Waals surface area contributed by atoms with Crippen LogP contribution in [0, 0.1) is 0 Å². The summed E-state index contributed by atoms with van der Waals surface area (Å²) in [7, 11) is 2.17. The summed E-state index contributed by atoms with van der Waals surface area (Å²) >= 11 is 0. The van der Waals surface area contributed by atoms with Crippen molar-refractivity contribution in [1.82, 2.24) is 4.90 Å². The second kappa shape index (κ2) is 5.81. The minimum atomic E-state index is 0.245. The number of morpholine rings is 1. The third-order valence-corrected chi connectivity index (χ3v) is 4.23. The molecule has 5 nitrogen and oxygen atoms in total. The topological polar surface area (TPSA) is 50.8 Å². The summed E-state index contributed by atoms with van der Waals surface area (Å²) < 4.78 is 11.7. The van der Waals surface area contributed by atoms with E-state index in [2.05, 4.69) is 17.3 Å². The molecule has 1 aromatic rings. The van der Waals surface area contributed by atoms with E-state index in [1.807, 2.05) is 24.3 Å². The summed E-state index contributed by atoms with van der Waals surface area (Å²) in [6.07, 6.45) is 2.92. The molecule has 2 atom stereocenters. The van der Waals surface area contributed by atoms with E-state index >= 15 is 0 Å². The first-order valence-corrected chi connectivity index (χ1v) is 7.03. The number of piperidine rings is 1. The number of carbonyl (C=O) groups is 1. The van der Waals surface area contributed by atoms with Gasteiger partial charge in [-0.1, -0.05) is 0 Å². The second-order valence-corrected chi connectivity index (χ2v) is 5.51. The van der Waals surface area contributed by atoms with Gasteiger partial charge in [0.25, 0.3) is 0 Å². The van der Waals surface area contributed by atoms with Crippen LogP contribution in [0.15, 0.2) is 24.3 Å². The molecule has 0 radical (unpaired) electrons. The summed E-state index contributed by atoms with van der Waals surface area (Å²) in [4.78, 5) is 12.8. The predicted octanol–water partition coefficient (Wildman–Crippen LogP) is 1.50. The lowest BCUT2D eigenvalue weighted by atomic mass is 9.92. The zero-order valence-corrected chi connectivity index (χ0v) is 11.6. The number of carbonyl (C=O) groups excluding carboxylic acids is 1. The molecule has 20 heavy (non-hydrogen) atoms. The maximum Gasteiger partial charge on any atom is 0.211 e. The number of nitrogens with zero attached hydrogens (tertiary/aromatic N) is 1. The van der Waals surface area contributed by atoms with E-state index in [0.717, 1.165) is 37.5 Å². The number of rotatable bonds is 4. The quantitative estimate of drug-likeness (QED) is 0.847. The number of likely N-dealkylation sites (N-methyl/N-ethyl adjacent to an activating group) is 1. The summed E-state index contributed by atoms with van der Waals surface area (Å²) in [6.45, 7) is 1.60. The van der Waals surface area contributed by atoms with Gasteiger partial charge in [0.15, 0.2) is 0 Å². The number of hydrogen-bond donors (Lipinski definition) is 1. The van der Waals surface area contributed by atoms with Crippen LogP contribution in [0.1, 0.15) is 12.8 Å². The van der Waals surface area contributed by atoms with Crippen LogP contribution >= 0.6 is 0 Å². The predicted molar refractivity (Wildman–Crippen MR) is 75.9 cm³/mol. The van der Waals surface area contributed by atoms with Crippen molar-refractivity contribution in [3.8, 4) is 5.75 Å². The maximum atomic E-state index is 10.4. The Kier molecular flexibility index (Phi) is 3.89. The summed E-state index contributed by atoms with van der Waals surface area (Å²) in [5.41, 5.74) is 0.779. The number of fused-ring (bicyclic) bond motifs is 2. The molecule has 0 unspecified atom stereocenters. The van der Waals surface area contributed by atoms with Crippen molar-refractivity contribution in [2.45, 2.75) is 31.0 Å². The highest BCUT2D eigenvalue weighted by molar-refractivity contribution is 5.71. The fourth-order valence-electron chi connectivity index (χ4n) is 3.03. The lowest BCUT2D eigenvalue weighted by molar-refractivity contribution is -0.105. The lowest BCUT2D eigenvalue weighted by Gasteiger charge is -2.46. The van der Waals surface area contributed by atoms with Gasteiger partial charge in [-0.2, -0.15) is 0 Å². The Labute approximate surface area is 118 Å². The molecule has 2 bridgehead atoms. The number of ether oxygens (including phenoxy) is 2. The Morgan fingerprint density at radius 3 is 2.50 bits per heavy atom. The van der Waals surface area contributed by atoms with Gasteiger partial charge in [0.2, 0.25) is 6.41 Å². The van der Waals surface area contributed by atoms with E-state index in [0.29, 0.717) is 18.5 Å². The van der Waals surface area contributed by atoms with Gasteiger partial charge in [-0.15, -0.1) is 0 Å². The van der Waals surface area contributed by atoms with Gasteiger partial charge in [-0.3, -0.25) is 9.69 Å². The lowest BCUT2D eigenvalue weighted by Crippen LogP contribution is -2.57. The number of amides is 1. The second-order valence-electron chi connectivity index (χ2n) is 5.51. The van der Waals surface area contributed by atoms with Crippen LogP contribution < -0.4 is 10.1 Å². The Morgan fingerprint density at radius 2 is 1.90 bits per heavy atom. The fourth-order valence-corrected chi connectivity index (χ4v) is 3.03. The first kappa shape index (κ1) is 13.4. The molecule has 0 aliphatic carbocycles. The van der Waals surface area contributed by atoms with Crippen LogP contribution in [0.5, 0.6) is 5.75 Å². The minimum absolute atomic E-state index is 0.245. The minimum Gasteiger partial charge on any atom is -0.490 e. The van der Waals surface area contributed by atoms with Gasteiger partial charge in [0.05, 0.1) is 13.2 Å². The maximum absolute atomic E-state index is 10.4. The van der Waals surface area contributed by atoms with E-state index in [1.165, 1.54) is 0 Å². The van der Waals surface area contributed by atoms with E-state index in [-0.39, 0.29) is 6.10 Å². The van der Waals surface area contributed by atoms with Crippen molar-refractivity contribution in [1.29, 1.82) is 0 Å². The highest BCUT2D eigenvalue weighted by Crippen LogP contribution is 2.29. The standard InChI is InChI=1S/C15H20N2O3/c1-17-12-6-15(7-13(17)9-19-8-12)20-14-4-2-11(3-5-14)16-10-18/h2-5,10,12-13,15H,6-9H2,1H3,(H,16,18)/t12-,13-/m0/s1. The van der Waals surface area contributed by atoms with Gasteiger partial charge >= 0.3 is 0 Å². The Bertz CT molecular complexity index is 449. The Balaban J connectivity index is 1.62. The number of benzene rings is 1. The van der Waals surface area contributed by atoms with Gasteiger partial charge in [0.1, 0.15) is 11.9 Å². The van der Waals surface area contributed by atoms with Crippen LogP contribution in [0.2, 0.25) is 0 Å². The first-order valence-electron chi connectivity index (χ1n) is 7.03. The van der Waals surface area contributed by atoms with Crippen LogP contribution in [0.4, 0.5) is 5.69 Å². The molecular formula is C15H20N2O3. The molecule has 0 aromatic heterocycles. The number of hydrogen-bond acceptors (Lipinski definition) is 4. The largest absolute Gasteiger partial charge is 0.490 e. The van der Waals surface area contributed by atoms with Crippen LogP contribution in [-0.2, 0) is 9.53 Å². The monoisotopic (exact) mass is 276 g/mol. The molecule has 108 valence electrons.